The summed E-state index contributed by atoms with van der Waals surface area (Å²) in [6.45, 7) is 3.71. The molecule has 1 aliphatic heterocycles. The van der Waals surface area contributed by atoms with Crippen LogP contribution in [-0.4, -0.2) is 55.7 Å². The number of hydrogen-bond acceptors (Lipinski definition) is 4. The summed E-state index contributed by atoms with van der Waals surface area (Å²) in [5.41, 5.74) is 5.36. The Labute approximate surface area is 127 Å². The second kappa shape index (κ2) is 6.23. The Morgan fingerprint density at radius 2 is 2.10 bits per heavy atom. The number of likely N-dealkylation sites (tertiary alicyclic amines) is 1. The van der Waals surface area contributed by atoms with Gasteiger partial charge < -0.3 is 15.4 Å². The van der Waals surface area contributed by atoms with Crippen LogP contribution in [0.15, 0.2) is 0 Å². The van der Waals surface area contributed by atoms with Gasteiger partial charge in [0.2, 0.25) is 5.91 Å². The summed E-state index contributed by atoms with van der Waals surface area (Å²) in [5, 5.41) is 3.61. The predicted octanol–water partition coefficient (Wildman–Crippen LogP) is 0.731. The summed E-state index contributed by atoms with van der Waals surface area (Å²) < 4.78 is 5.31. The number of amides is 1. The normalized spacial score (nSPS) is 30.0. The molecule has 21 heavy (non-hydrogen) atoms. The van der Waals surface area contributed by atoms with Crippen LogP contribution in [0.25, 0.3) is 0 Å². The van der Waals surface area contributed by atoms with E-state index in [2.05, 4.69) is 10.2 Å². The molecule has 2 atom stereocenters. The molecular formula is C16H29N3O2. The highest BCUT2D eigenvalue weighted by atomic mass is 16.5. The van der Waals surface area contributed by atoms with E-state index < -0.39 is 5.54 Å². The summed E-state index contributed by atoms with van der Waals surface area (Å²) in [7, 11) is 1.77. The van der Waals surface area contributed by atoms with Crippen molar-refractivity contribution in [2.24, 2.45) is 17.6 Å². The molecule has 0 bridgehead atoms. The topological polar surface area (TPSA) is 67.6 Å². The highest BCUT2D eigenvalue weighted by molar-refractivity contribution is 5.86. The fourth-order valence-corrected chi connectivity index (χ4v) is 3.83. The molecule has 2 unspecified atom stereocenters. The smallest absolute Gasteiger partial charge is 0.239 e. The largest absolute Gasteiger partial charge is 0.384 e. The van der Waals surface area contributed by atoms with Crippen LogP contribution in [0.5, 0.6) is 0 Å². The average Bonchev–Trinajstić information content (AvgIpc) is 3.32. The van der Waals surface area contributed by atoms with E-state index >= 15 is 0 Å². The molecule has 1 saturated heterocycles. The number of nitrogens with one attached hydrogen (secondary N) is 1. The van der Waals surface area contributed by atoms with Crippen molar-refractivity contribution >= 4 is 5.91 Å². The number of hydrogen-bond donors (Lipinski definition) is 2. The second-order valence-corrected chi connectivity index (χ2v) is 7.23. The van der Waals surface area contributed by atoms with Gasteiger partial charge >= 0.3 is 0 Å². The molecule has 0 spiro atoms. The van der Waals surface area contributed by atoms with Crippen molar-refractivity contribution in [2.45, 2.75) is 50.1 Å². The van der Waals surface area contributed by atoms with E-state index in [9.17, 15) is 4.79 Å². The standard InChI is InChI=1S/C16H29N3O2/c1-21-10-12-3-2-8-19(9-12)11-16(15(17)20,13-4-5-13)18-14-6-7-14/h12-14,18H,2-11H2,1H3,(H2,17,20). The van der Waals surface area contributed by atoms with Crippen LogP contribution in [0.4, 0.5) is 0 Å². The molecule has 1 heterocycles. The number of carbonyl (C=O) groups excluding carboxylic acids is 1. The van der Waals surface area contributed by atoms with Crippen molar-refractivity contribution in [3.63, 3.8) is 0 Å². The SMILES string of the molecule is COCC1CCCN(CC(NC2CC2)(C(N)=O)C2CC2)C1. The number of carbonyl (C=O) groups is 1. The maximum Gasteiger partial charge on any atom is 0.239 e. The highest BCUT2D eigenvalue weighted by Crippen LogP contribution is 2.42. The van der Waals surface area contributed by atoms with E-state index in [0.29, 0.717) is 17.9 Å². The van der Waals surface area contributed by atoms with Crippen molar-refractivity contribution in [3.05, 3.63) is 0 Å². The van der Waals surface area contributed by atoms with Crippen LogP contribution in [0, 0.1) is 11.8 Å². The van der Waals surface area contributed by atoms with Gasteiger partial charge in [-0.3, -0.25) is 10.1 Å². The first-order valence-electron chi connectivity index (χ1n) is 8.43. The minimum Gasteiger partial charge on any atom is -0.384 e. The molecule has 3 fully saturated rings. The molecule has 1 amide bonds. The van der Waals surface area contributed by atoms with E-state index in [4.69, 9.17) is 10.5 Å². The monoisotopic (exact) mass is 295 g/mol. The number of rotatable bonds is 8. The summed E-state index contributed by atoms with van der Waals surface area (Å²) in [4.78, 5) is 14.7. The Bertz CT molecular complexity index is 380. The first-order chi connectivity index (χ1) is 10.1. The zero-order valence-electron chi connectivity index (χ0n) is 13.1. The molecule has 0 aromatic heterocycles. The Morgan fingerprint density at radius 1 is 1.33 bits per heavy atom. The Hall–Kier alpha value is -0.650. The summed E-state index contributed by atoms with van der Waals surface area (Å²) in [5.74, 6) is 0.888. The predicted molar refractivity (Wildman–Crippen MR) is 81.8 cm³/mol. The van der Waals surface area contributed by atoms with Crippen LogP contribution in [0.3, 0.4) is 0 Å². The van der Waals surface area contributed by atoms with Crippen molar-refractivity contribution in [3.8, 4) is 0 Å². The lowest BCUT2D eigenvalue weighted by Crippen LogP contribution is -2.64. The fourth-order valence-electron chi connectivity index (χ4n) is 3.83. The second-order valence-electron chi connectivity index (χ2n) is 7.23. The Balaban J connectivity index is 1.66. The lowest BCUT2D eigenvalue weighted by atomic mass is 9.89. The molecule has 2 aliphatic carbocycles. The van der Waals surface area contributed by atoms with Gasteiger partial charge in [0.1, 0.15) is 5.54 Å². The summed E-state index contributed by atoms with van der Waals surface area (Å²) >= 11 is 0. The molecule has 0 aromatic carbocycles. The number of nitrogens with zero attached hydrogens (tertiary/aromatic N) is 1. The molecule has 0 radical (unpaired) electrons. The van der Waals surface area contributed by atoms with Gasteiger partial charge in [-0.05, 0) is 56.9 Å². The van der Waals surface area contributed by atoms with Gasteiger partial charge in [-0.15, -0.1) is 0 Å². The molecule has 3 rings (SSSR count). The van der Waals surface area contributed by atoms with Crippen LogP contribution in [0.1, 0.15) is 38.5 Å². The molecule has 5 heteroatoms. The van der Waals surface area contributed by atoms with Crippen LogP contribution in [0.2, 0.25) is 0 Å². The zero-order valence-corrected chi connectivity index (χ0v) is 13.1. The van der Waals surface area contributed by atoms with Gasteiger partial charge in [-0.2, -0.15) is 0 Å². The molecule has 5 nitrogen and oxygen atoms in total. The third kappa shape index (κ3) is 3.58. The van der Waals surface area contributed by atoms with E-state index in [1.165, 1.54) is 25.7 Å². The van der Waals surface area contributed by atoms with Gasteiger partial charge in [0.15, 0.2) is 0 Å². The number of methoxy groups -OCH3 is 1. The van der Waals surface area contributed by atoms with Crippen LogP contribution in [-0.2, 0) is 9.53 Å². The van der Waals surface area contributed by atoms with E-state index in [0.717, 1.165) is 39.1 Å². The minimum atomic E-state index is -0.490. The van der Waals surface area contributed by atoms with E-state index in [-0.39, 0.29) is 5.91 Å². The van der Waals surface area contributed by atoms with Crippen molar-refractivity contribution in [1.82, 2.24) is 10.2 Å². The zero-order chi connectivity index (χ0) is 14.9. The van der Waals surface area contributed by atoms with Crippen molar-refractivity contribution < 1.29 is 9.53 Å². The molecular weight excluding hydrogens is 266 g/mol. The third-order valence-electron chi connectivity index (χ3n) is 5.23. The van der Waals surface area contributed by atoms with E-state index in [1.54, 1.807) is 7.11 Å². The van der Waals surface area contributed by atoms with Crippen molar-refractivity contribution in [2.75, 3.05) is 33.4 Å². The van der Waals surface area contributed by atoms with E-state index in [1.807, 2.05) is 0 Å². The lowest BCUT2D eigenvalue weighted by Gasteiger charge is -2.40. The third-order valence-corrected chi connectivity index (χ3v) is 5.23. The highest BCUT2D eigenvalue weighted by Gasteiger charge is 2.52. The minimum absolute atomic E-state index is 0.147. The molecule has 3 N–H and O–H groups in total. The van der Waals surface area contributed by atoms with Crippen LogP contribution < -0.4 is 11.1 Å². The molecule has 2 saturated carbocycles. The van der Waals surface area contributed by atoms with Gasteiger partial charge in [0.05, 0.1) is 6.61 Å². The maximum atomic E-state index is 12.3. The average molecular weight is 295 g/mol. The van der Waals surface area contributed by atoms with Gasteiger partial charge in [-0.25, -0.2) is 0 Å². The molecule has 3 aliphatic rings. The van der Waals surface area contributed by atoms with Crippen LogP contribution >= 0.6 is 0 Å². The quantitative estimate of drug-likeness (QED) is 0.693. The number of primary amides is 1. The number of ether oxygens (including phenoxy) is 1. The summed E-state index contributed by atoms with van der Waals surface area (Å²) in [6, 6.07) is 0.512. The van der Waals surface area contributed by atoms with Gasteiger partial charge in [-0.1, -0.05) is 0 Å². The fraction of sp³-hybridized carbons (Fsp3) is 0.938. The Kier molecular flexibility index (Phi) is 4.52. The number of nitrogens with two attached hydrogens (primary N) is 1. The van der Waals surface area contributed by atoms with Crippen molar-refractivity contribution in [1.29, 1.82) is 0 Å². The van der Waals surface area contributed by atoms with Gasteiger partial charge in [0, 0.05) is 26.2 Å². The Morgan fingerprint density at radius 3 is 2.67 bits per heavy atom. The molecule has 0 aromatic rings. The maximum absolute atomic E-state index is 12.3. The van der Waals surface area contributed by atoms with Gasteiger partial charge in [0.25, 0.3) is 0 Å². The number of piperidine rings is 1. The molecule has 120 valence electrons. The first-order valence-corrected chi connectivity index (χ1v) is 8.43. The summed E-state index contributed by atoms with van der Waals surface area (Å²) in [6.07, 6.45) is 7.07. The first kappa shape index (κ1) is 15.3. The lowest BCUT2D eigenvalue weighted by molar-refractivity contribution is -0.126.